The van der Waals surface area contributed by atoms with Gasteiger partial charge in [-0.05, 0) is 38.6 Å². The first kappa shape index (κ1) is 23.8. The zero-order chi connectivity index (χ0) is 23.8. The molecule has 3 heterocycles. The summed E-state index contributed by atoms with van der Waals surface area (Å²) in [7, 11) is 0.921. The first-order valence-corrected chi connectivity index (χ1v) is 13.6. The van der Waals surface area contributed by atoms with Gasteiger partial charge in [-0.2, -0.15) is 5.10 Å². The van der Waals surface area contributed by atoms with E-state index < -0.39 is 8.68 Å². The highest BCUT2D eigenvalue weighted by molar-refractivity contribution is 8.31. The monoisotopic (exact) mass is 490 g/mol. The quantitative estimate of drug-likeness (QED) is 0.541. The third-order valence-corrected chi connectivity index (χ3v) is 8.96. The van der Waals surface area contributed by atoms with E-state index >= 15 is 0 Å². The van der Waals surface area contributed by atoms with Crippen molar-refractivity contribution >= 4 is 30.9 Å². The van der Waals surface area contributed by atoms with Gasteiger partial charge in [-0.1, -0.05) is 13.3 Å². The van der Waals surface area contributed by atoms with E-state index in [9.17, 15) is 9.00 Å². The second-order valence-electron chi connectivity index (χ2n) is 8.23. The number of aryl methyl sites for hydroxylation is 2. The minimum Gasteiger partial charge on any atom is -0.493 e. The van der Waals surface area contributed by atoms with Crippen LogP contribution in [0.1, 0.15) is 26.0 Å². The summed E-state index contributed by atoms with van der Waals surface area (Å²) in [5, 5.41) is 4.49. The molecule has 1 unspecified atom stereocenters. The fraction of sp³-hybridized carbons (Fsp3) is 0.500. The zero-order valence-electron chi connectivity index (χ0n) is 19.5. The Balaban J connectivity index is 1.85. The molecular formula is C22H30N6O3S2. The first-order valence-electron chi connectivity index (χ1n) is 11.2. The molecule has 3 aromatic rings. The minimum absolute atomic E-state index is 0.279. The van der Waals surface area contributed by atoms with Gasteiger partial charge in [0.25, 0.3) is 5.56 Å². The molecule has 0 radical (unpaired) electrons. The number of benzene rings is 1. The van der Waals surface area contributed by atoms with Gasteiger partial charge in [-0.25, -0.2) is 13.5 Å². The molecule has 1 aliphatic heterocycles. The molecule has 4 rings (SSSR count). The Labute approximate surface area is 198 Å². The van der Waals surface area contributed by atoms with Gasteiger partial charge in [0, 0.05) is 44.4 Å². The number of ether oxygens (including phenoxy) is 1. The Morgan fingerprint density at radius 2 is 1.91 bits per heavy atom. The molecule has 1 fully saturated rings. The SMILES string of the molecule is CCCc1nn(C)c2c(=O)[nH]c(-c3cc(S(=O)(=S)N4CCN(C)CC4)ccc3OCC)nc12. The average molecular weight is 491 g/mol. The molecule has 11 heteroatoms. The lowest BCUT2D eigenvalue weighted by atomic mass is 10.1. The third kappa shape index (κ3) is 4.54. The maximum atomic E-state index is 13.7. The van der Waals surface area contributed by atoms with Gasteiger partial charge in [0.2, 0.25) is 0 Å². The minimum atomic E-state index is -2.86. The van der Waals surface area contributed by atoms with Crippen molar-refractivity contribution in [2.45, 2.75) is 31.6 Å². The number of H-pyrrole nitrogens is 1. The van der Waals surface area contributed by atoms with Gasteiger partial charge in [0.15, 0.2) is 5.52 Å². The normalized spacial score (nSPS) is 17.3. The number of fused-ring (bicyclic) bond motifs is 1. The van der Waals surface area contributed by atoms with Crippen molar-refractivity contribution in [2.24, 2.45) is 7.05 Å². The van der Waals surface area contributed by atoms with Gasteiger partial charge < -0.3 is 14.6 Å². The number of rotatable bonds is 7. The predicted octanol–water partition coefficient (Wildman–Crippen LogP) is 1.94. The van der Waals surface area contributed by atoms with Crippen LogP contribution in [0.3, 0.4) is 0 Å². The lowest BCUT2D eigenvalue weighted by Gasteiger charge is -2.33. The number of aromatic nitrogens is 4. The molecule has 33 heavy (non-hydrogen) atoms. The molecule has 1 aliphatic rings. The van der Waals surface area contributed by atoms with E-state index in [1.54, 1.807) is 29.9 Å². The van der Waals surface area contributed by atoms with Gasteiger partial charge in [0.05, 0.1) is 22.8 Å². The highest BCUT2D eigenvalue weighted by Gasteiger charge is 2.26. The predicted molar refractivity (Wildman–Crippen MR) is 133 cm³/mol. The molecule has 178 valence electrons. The van der Waals surface area contributed by atoms with Crippen LogP contribution in [0.4, 0.5) is 0 Å². The molecule has 1 N–H and O–H groups in total. The Kier molecular flexibility index (Phi) is 6.85. The van der Waals surface area contributed by atoms with Crippen LogP contribution in [0.5, 0.6) is 5.75 Å². The zero-order valence-corrected chi connectivity index (χ0v) is 21.1. The summed E-state index contributed by atoms with van der Waals surface area (Å²) in [4.78, 5) is 23.3. The van der Waals surface area contributed by atoms with Crippen LogP contribution < -0.4 is 10.3 Å². The van der Waals surface area contributed by atoms with Crippen LogP contribution in [-0.4, -0.2) is 73.0 Å². The number of hydrogen-bond donors (Lipinski definition) is 1. The van der Waals surface area contributed by atoms with Crippen molar-refractivity contribution in [1.29, 1.82) is 0 Å². The van der Waals surface area contributed by atoms with E-state index in [-0.39, 0.29) is 5.56 Å². The maximum Gasteiger partial charge on any atom is 0.277 e. The summed E-state index contributed by atoms with van der Waals surface area (Å²) >= 11 is 5.64. The van der Waals surface area contributed by atoms with Crippen molar-refractivity contribution in [1.82, 2.24) is 29.0 Å². The van der Waals surface area contributed by atoms with Gasteiger partial charge in [-0.15, -0.1) is 0 Å². The second-order valence-corrected chi connectivity index (χ2v) is 11.5. The standard InChI is InChI=1S/C22H30N6O3S2/c1-5-7-17-19-20(27(4)25-17)22(29)24-21(23-19)16-14-15(8-9-18(16)31-6-2)33(30,32)28-12-10-26(3)11-13-28/h8-9,14H,5-7,10-13H2,1-4H3,(H,23,24,29). The number of aromatic amines is 1. The molecule has 1 aromatic carbocycles. The van der Waals surface area contributed by atoms with E-state index in [1.165, 1.54) is 0 Å². The molecule has 2 aromatic heterocycles. The molecule has 1 saturated heterocycles. The molecule has 0 aliphatic carbocycles. The second kappa shape index (κ2) is 9.49. The van der Waals surface area contributed by atoms with Crippen LogP contribution in [-0.2, 0) is 33.3 Å². The van der Waals surface area contributed by atoms with Crippen molar-refractivity contribution in [3.05, 3.63) is 34.2 Å². The summed E-state index contributed by atoms with van der Waals surface area (Å²) in [5.41, 5.74) is 2.07. The number of nitrogens with one attached hydrogen (secondary N) is 1. The molecule has 0 spiro atoms. The van der Waals surface area contributed by atoms with Gasteiger partial charge >= 0.3 is 0 Å². The van der Waals surface area contributed by atoms with Gasteiger partial charge in [0.1, 0.15) is 25.8 Å². The van der Waals surface area contributed by atoms with Crippen LogP contribution in [0.15, 0.2) is 27.9 Å². The lowest BCUT2D eigenvalue weighted by Crippen LogP contribution is -2.46. The van der Waals surface area contributed by atoms with Crippen LogP contribution in [0.25, 0.3) is 22.4 Å². The molecule has 9 nitrogen and oxygen atoms in total. The van der Waals surface area contributed by atoms with Crippen LogP contribution >= 0.6 is 0 Å². The maximum absolute atomic E-state index is 13.7. The number of hydrogen-bond acceptors (Lipinski definition) is 7. The molecule has 0 bridgehead atoms. The first-order chi connectivity index (χ1) is 15.8. The lowest BCUT2D eigenvalue weighted by molar-refractivity contribution is 0.228. The fourth-order valence-corrected chi connectivity index (χ4v) is 6.30. The summed E-state index contributed by atoms with van der Waals surface area (Å²) < 4.78 is 23.0. The summed E-state index contributed by atoms with van der Waals surface area (Å²) in [6.07, 6.45) is 1.60. The smallest absolute Gasteiger partial charge is 0.277 e. The molecule has 1 atom stereocenters. The molecule has 0 saturated carbocycles. The average Bonchev–Trinajstić information content (AvgIpc) is 3.10. The van der Waals surface area contributed by atoms with Gasteiger partial charge in [-0.3, -0.25) is 9.48 Å². The van der Waals surface area contributed by atoms with E-state index in [0.717, 1.165) is 31.6 Å². The van der Waals surface area contributed by atoms with E-state index in [1.807, 2.05) is 18.3 Å². The molecule has 0 amide bonds. The number of nitrogens with zero attached hydrogens (tertiary/aromatic N) is 5. The summed E-state index contributed by atoms with van der Waals surface area (Å²) in [6.45, 7) is 7.28. The Hall–Kier alpha value is -2.34. The molecular weight excluding hydrogens is 460 g/mol. The van der Waals surface area contributed by atoms with Crippen molar-refractivity contribution < 1.29 is 8.95 Å². The Morgan fingerprint density at radius 1 is 1.18 bits per heavy atom. The van der Waals surface area contributed by atoms with Crippen molar-refractivity contribution in [2.75, 3.05) is 39.8 Å². The third-order valence-electron chi connectivity index (χ3n) is 5.86. The van der Waals surface area contributed by atoms with E-state index in [2.05, 4.69) is 21.9 Å². The van der Waals surface area contributed by atoms with Crippen LogP contribution in [0, 0.1) is 0 Å². The van der Waals surface area contributed by atoms with Crippen molar-refractivity contribution in [3.63, 3.8) is 0 Å². The summed E-state index contributed by atoms with van der Waals surface area (Å²) in [6, 6.07) is 5.26. The topological polar surface area (TPSA) is 96.3 Å². The van der Waals surface area contributed by atoms with Crippen LogP contribution in [0.2, 0.25) is 0 Å². The number of likely N-dealkylation sites (N-methyl/N-ethyl adjacent to an activating group) is 1. The summed E-state index contributed by atoms with van der Waals surface area (Å²) in [5.74, 6) is 0.903. The fourth-order valence-electron chi connectivity index (χ4n) is 4.09. The largest absolute Gasteiger partial charge is 0.493 e. The highest BCUT2D eigenvalue weighted by atomic mass is 32.8. The highest BCUT2D eigenvalue weighted by Crippen LogP contribution is 2.32. The number of piperazine rings is 1. The van der Waals surface area contributed by atoms with Crippen molar-refractivity contribution in [3.8, 4) is 17.1 Å². The van der Waals surface area contributed by atoms with E-state index in [0.29, 0.717) is 52.8 Å². The Morgan fingerprint density at radius 3 is 2.58 bits per heavy atom. The van der Waals surface area contributed by atoms with E-state index in [4.69, 9.17) is 20.9 Å². The Bertz CT molecular complexity index is 1320.